The standard InChI is InChI=1S/C24H14BrF3N2O3/c1-32-22-10-13(8-17-16-11-15(25)4-5-19(16)30-23(17)31)2-7-21(22)33-20-6-3-14(12-29)9-18(20)24(26,27)28/h2-11H,1H3,(H,30,31). The minimum absolute atomic E-state index is 0.0499. The number of benzene rings is 3. The molecule has 0 fully saturated rings. The predicted molar refractivity (Wildman–Crippen MR) is 120 cm³/mol. The molecule has 9 heteroatoms. The van der Waals surface area contributed by atoms with Crippen molar-refractivity contribution in [1.82, 2.24) is 0 Å². The first kappa shape index (κ1) is 22.4. The summed E-state index contributed by atoms with van der Waals surface area (Å²) < 4.78 is 52.0. The first-order valence-corrected chi connectivity index (χ1v) is 10.3. The van der Waals surface area contributed by atoms with Gasteiger partial charge in [-0.2, -0.15) is 18.4 Å². The third-order valence-electron chi connectivity index (χ3n) is 4.90. The average Bonchev–Trinajstić information content (AvgIpc) is 3.08. The molecule has 0 aromatic heterocycles. The first-order chi connectivity index (χ1) is 15.7. The number of nitrogens with one attached hydrogen (secondary N) is 1. The van der Waals surface area contributed by atoms with Crippen molar-refractivity contribution in [2.75, 3.05) is 12.4 Å². The monoisotopic (exact) mass is 514 g/mol. The van der Waals surface area contributed by atoms with Crippen LogP contribution in [0.3, 0.4) is 0 Å². The summed E-state index contributed by atoms with van der Waals surface area (Å²) >= 11 is 3.39. The lowest BCUT2D eigenvalue weighted by atomic mass is 10.0. The number of rotatable bonds is 4. The number of anilines is 1. The van der Waals surface area contributed by atoms with Gasteiger partial charge in [0.1, 0.15) is 5.75 Å². The van der Waals surface area contributed by atoms with Crippen molar-refractivity contribution in [3.8, 4) is 23.3 Å². The highest BCUT2D eigenvalue weighted by Crippen LogP contribution is 2.41. The molecule has 1 aliphatic rings. The molecule has 1 aliphatic heterocycles. The topological polar surface area (TPSA) is 71.3 Å². The van der Waals surface area contributed by atoms with E-state index in [1.54, 1.807) is 30.3 Å². The maximum atomic E-state index is 13.5. The molecule has 1 heterocycles. The number of nitriles is 1. The second-order valence-electron chi connectivity index (χ2n) is 7.03. The van der Waals surface area contributed by atoms with Gasteiger partial charge >= 0.3 is 6.18 Å². The summed E-state index contributed by atoms with van der Waals surface area (Å²) in [6, 6.07) is 14.8. The lowest BCUT2D eigenvalue weighted by Gasteiger charge is -2.16. The molecule has 0 bridgehead atoms. The zero-order valence-corrected chi connectivity index (χ0v) is 18.5. The van der Waals surface area contributed by atoms with Crippen molar-refractivity contribution in [2.45, 2.75) is 6.18 Å². The molecule has 0 spiro atoms. The van der Waals surface area contributed by atoms with E-state index >= 15 is 0 Å². The fourth-order valence-electron chi connectivity index (χ4n) is 3.36. The van der Waals surface area contributed by atoms with E-state index in [0.29, 0.717) is 16.8 Å². The number of fused-ring (bicyclic) bond motifs is 1. The molecule has 0 saturated heterocycles. The first-order valence-electron chi connectivity index (χ1n) is 9.50. The van der Waals surface area contributed by atoms with Gasteiger partial charge in [-0.15, -0.1) is 0 Å². The van der Waals surface area contributed by atoms with Crippen LogP contribution < -0.4 is 14.8 Å². The van der Waals surface area contributed by atoms with E-state index in [-0.39, 0.29) is 23.0 Å². The Morgan fingerprint density at radius 3 is 2.48 bits per heavy atom. The van der Waals surface area contributed by atoms with Gasteiger partial charge in [0.25, 0.3) is 5.91 Å². The Morgan fingerprint density at radius 1 is 1.03 bits per heavy atom. The van der Waals surface area contributed by atoms with Crippen molar-refractivity contribution >= 4 is 39.2 Å². The largest absolute Gasteiger partial charge is 0.493 e. The number of carbonyl (C=O) groups is 1. The Morgan fingerprint density at radius 2 is 1.79 bits per heavy atom. The van der Waals surface area contributed by atoms with Crippen molar-refractivity contribution < 1.29 is 27.4 Å². The second kappa shape index (κ2) is 8.64. The molecule has 1 N–H and O–H groups in total. The highest BCUT2D eigenvalue weighted by Gasteiger charge is 2.35. The van der Waals surface area contributed by atoms with Crippen LogP contribution in [-0.4, -0.2) is 13.0 Å². The van der Waals surface area contributed by atoms with Gasteiger partial charge in [-0.05, 0) is 60.2 Å². The highest BCUT2D eigenvalue weighted by molar-refractivity contribution is 9.10. The van der Waals surface area contributed by atoms with E-state index in [2.05, 4.69) is 21.2 Å². The molecule has 0 radical (unpaired) electrons. The smallest absolute Gasteiger partial charge is 0.420 e. The van der Waals surface area contributed by atoms with E-state index in [0.717, 1.165) is 22.2 Å². The van der Waals surface area contributed by atoms with Gasteiger partial charge in [0.2, 0.25) is 0 Å². The molecule has 0 unspecified atom stereocenters. The average molecular weight is 515 g/mol. The number of carbonyl (C=O) groups excluding carboxylic acids is 1. The fourth-order valence-corrected chi connectivity index (χ4v) is 3.72. The molecule has 0 aliphatic carbocycles. The van der Waals surface area contributed by atoms with Crippen molar-refractivity contribution in [1.29, 1.82) is 5.26 Å². The van der Waals surface area contributed by atoms with Crippen LogP contribution in [0.1, 0.15) is 22.3 Å². The van der Waals surface area contributed by atoms with Gasteiger partial charge in [-0.3, -0.25) is 4.79 Å². The number of nitrogens with zero attached hydrogens (tertiary/aromatic N) is 1. The van der Waals surface area contributed by atoms with Gasteiger partial charge in [-0.1, -0.05) is 22.0 Å². The quantitative estimate of drug-likeness (QED) is 0.396. The number of alkyl halides is 3. The maximum Gasteiger partial charge on any atom is 0.420 e. The van der Waals surface area contributed by atoms with Gasteiger partial charge in [-0.25, -0.2) is 0 Å². The molecular formula is C24H14BrF3N2O3. The minimum atomic E-state index is -4.71. The predicted octanol–water partition coefficient (Wildman–Crippen LogP) is 6.63. The van der Waals surface area contributed by atoms with Crippen LogP contribution in [0, 0.1) is 11.3 Å². The van der Waals surface area contributed by atoms with Crippen LogP contribution in [0.2, 0.25) is 0 Å². The molecule has 166 valence electrons. The molecule has 3 aromatic rings. The zero-order valence-electron chi connectivity index (χ0n) is 17.0. The number of hydrogen-bond donors (Lipinski definition) is 1. The lowest BCUT2D eigenvalue weighted by molar-refractivity contribution is -0.138. The van der Waals surface area contributed by atoms with Crippen molar-refractivity contribution in [3.63, 3.8) is 0 Å². The normalized spacial score (nSPS) is 13.9. The van der Waals surface area contributed by atoms with E-state index in [4.69, 9.17) is 14.7 Å². The third-order valence-corrected chi connectivity index (χ3v) is 5.39. The molecule has 3 aromatic carbocycles. The summed E-state index contributed by atoms with van der Waals surface area (Å²) in [5.74, 6) is -0.502. The van der Waals surface area contributed by atoms with E-state index < -0.39 is 17.5 Å². The summed E-state index contributed by atoms with van der Waals surface area (Å²) in [5, 5.41) is 11.7. The van der Waals surface area contributed by atoms with Crippen LogP contribution >= 0.6 is 15.9 Å². The molecular weight excluding hydrogens is 501 g/mol. The maximum absolute atomic E-state index is 13.5. The Balaban J connectivity index is 1.70. The van der Waals surface area contributed by atoms with Gasteiger partial charge in [0.15, 0.2) is 11.5 Å². The molecule has 0 atom stereocenters. The fraction of sp³-hybridized carbons (Fsp3) is 0.0833. The lowest BCUT2D eigenvalue weighted by Crippen LogP contribution is -2.08. The Bertz CT molecular complexity index is 1340. The van der Waals surface area contributed by atoms with Crippen molar-refractivity contribution in [2.24, 2.45) is 0 Å². The number of amides is 1. The van der Waals surface area contributed by atoms with E-state index in [1.807, 2.05) is 12.1 Å². The number of methoxy groups -OCH3 is 1. The molecule has 5 nitrogen and oxygen atoms in total. The Labute approximate surface area is 195 Å². The molecule has 4 rings (SSSR count). The van der Waals surface area contributed by atoms with Crippen LogP contribution in [-0.2, 0) is 11.0 Å². The number of ether oxygens (including phenoxy) is 2. The highest BCUT2D eigenvalue weighted by atomic mass is 79.9. The number of hydrogen-bond acceptors (Lipinski definition) is 4. The van der Waals surface area contributed by atoms with Crippen LogP contribution in [0.15, 0.2) is 59.1 Å². The van der Waals surface area contributed by atoms with Gasteiger partial charge in [0.05, 0.1) is 24.3 Å². The second-order valence-corrected chi connectivity index (χ2v) is 7.95. The molecule has 1 amide bonds. The summed E-state index contributed by atoms with van der Waals surface area (Å²) in [6.45, 7) is 0. The summed E-state index contributed by atoms with van der Waals surface area (Å²) in [4.78, 5) is 12.4. The van der Waals surface area contributed by atoms with Crippen molar-refractivity contribution in [3.05, 3.63) is 81.3 Å². The summed E-state index contributed by atoms with van der Waals surface area (Å²) in [5.41, 5.74) is 1.23. The van der Waals surface area contributed by atoms with Crippen LogP contribution in [0.5, 0.6) is 17.2 Å². The minimum Gasteiger partial charge on any atom is -0.493 e. The van der Waals surface area contributed by atoms with Crippen LogP contribution in [0.4, 0.5) is 18.9 Å². The summed E-state index contributed by atoms with van der Waals surface area (Å²) in [7, 11) is 1.36. The SMILES string of the molecule is COc1cc(C=C2C(=O)Nc3ccc(Br)cc32)ccc1Oc1ccc(C#N)cc1C(F)(F)F. The third kappa shape index (κ3) is 4.56. The summed E-state index contributed by atoms with van der Waals surface area (Å²) in [6.07, 6.45) is -3.06. The number of halogens is 4. The molecule has 0 saturated carbocycles. The van der Waals surface area contributed by atoms with Gasteiger partial charge in [0, 0.05) is 21.3 Å². The Hall–Kier alpha value is -3.77. The van der Waals surface area contributed by atoms with Crippen LogP contribution in [0.25, 0.3) is 11.6 Å². The zero-order chi connectivity index (χ0) is 23.8. The Kier molecular flexibility index (Phi) is 5.87. The van der Waals surface area contributed by atoms with Gasteiger partial charge < -0.3 is 14.8 Å². The van der Waals surface area contributed by atoms with E-state index in [1.165, 1.54) is 19.2 Å². The molecule has 33 heavy (non-hydrogen) atoms. The van der Waals surface area contributed by atoms with E-state index in [9.17, 15) is 18.0 Å².